The molecule has 2 saturated heterocycles. The number of ketones is 2. The fraction of sp³-hybridized carbons (Fsp3) is 0.391. The number of aromatic nitrogens is 4. The smallest absolute Gasteiger partial charge is 0.165 e. The van der Waals surface area contributed by atoms with E-state index in [9.17, 15) is 9.59 Å². The Hall–Kier alpha value is -4.68. The third kappa shape index (κ3) is 10.1. The summed E-state index contributed by atoms with van der Waals surface area (Å²) in [5.74, 6) is 3.78. The van der Waals surface area contributed by atoms with Crippen molar-refractivity contribution < 1.29 is 9.59 Å². The van der Waals surface area contributed by atoms with Gasteiger partial charge in [-0.1, -0.05) is 55.5 Å². The molecule has 304 valence electrons. The van der Waals surface area contributed by atoms with E-state index in [2.05, 4.69) is 54.5 Å². The number of thiol groups is 1. The van der Waals surface area contributed by atoms with Gasteiger partial charge >= 0.3 is 0 Å². The lowest BCUT2D eigenvalue weighted by Gasteiger charge is -2.42. The molecule has 2 fully saturated rings. The second-order valence-corrected chi connectivity index (χ2v) is 16.5. The van der Waals surface area contributed by atoms with Gasteiger partial charge in [-0.3, -0.25) is 14.5 Å². The Balaban J connectivity index is 0.000000140. The maximum atomic E-state index is 12.5. The Labute approximate surface area is 351 Å². The van der Waals surface area contributed by atoms with Crippen molar-refractivity contribution in [3.8, 4) is 0 Å². The molecule has 4 aliphatic heterocycles. The van der Waals surface area contributed by atoms with Crippen LogP contribution in [0.4, 0.5) is 11.4 Å². The van der Waals surface area contributed by atoms with E-state index in [4.69, 9.17) is 16.6 Å². The number of Topliss-reactive ketones (excluding diaryl/α,β-unsaturated/α-hetero) is 2. The highest BCUT2D eigenvalue weighted by Crippen LogP contribution is 2.37. The lowest BCUT2D eigenvalue weighted by molar-refractivity contribution is 0.0960. The number of para-hydroxylation sites is 6. The molecular weight excluding hydrogens is 764 g/mol. The van der Waals surface area contributed by atoms with Crippen molar-refractivity contribution >= 4 is 69.2 Å². The molecular formula is C46H55ClN8O2S. The molecule has 5 N–H and O–H groups in total. The number of H-pyrrole nitrogens is 2. The molecule has 0 aliphatic carbocycles. The zero-order valence-electron chi connectivity index (χ0n) is 33.3. The average Bonchev–Trinajstić information content (AvgIpc) is 3.81. The molecule has 0 unspecified atom stereocenters. The fourth-order valence-corrected chi connectivity index (χ4v) is 8.62. The van der Waals surface area contributed by atoms with Crippen LogP contribution in [0.3, 0.4) is 0 Å². The first-order chi connectivity index (χ1) is 28.3. The standard InChI is InChI=1S/C22H24N4O.C14H18N2O.C8H7ClN2.C2H6S/c27-20-9-10-22(25-17-6-2-1-5-16(17)20)11-13-26(14-12-22)15-21-23-18-7-3-4-8-19(18)24-21;17-13-5-6-14(7-9-15-10-8-14)16-12-4-2-1-3-11(12)13;9-5-8-10-6-3-1-2-4-7(6)11-8;1-2-3/h1-8,25H,9-15H2,(H,23,24);1-4,15-16H,5-10H2;1-4H,5H2,(H,10,11);3H,2H2,1H3. The Kier molecular flexibility index (Phi) is 13.9. The number of nitrogens with one attached hydrogen (secondary N) is 5. The zero-order chi connectivity index (χ0) is 40.4. The first-order valence-electron chi connectivity index (χ1n) is 20.6. The molecule has 2 spiro atoms. The summed E-state index contributed by atoms with van der Waals surface area (Å²) >= 11 is 9.39. The molecule has 10 rings (SSSR count). The van der Waals surface area contributed by atoms with Crippen LogP contribution in [0.5, 0.6) is 0 Å². The molecule has 0 radical (unpaired) electrons. The molecule has 58 heavy (non-hydrogen) atoms. The SMILES string of the molecule is CCS.ClCc1nc2ccccc2[nH]1.O=C1CCC2(CCN(Cc3nc4ccccc4[nH]3)CC2)Nc2ccccc21.O=C1CCC2(CCNCC2)Nc2ccccc21. The summed E-state index contributed by atoms with van der Waals surface area (Å²) in [5.41, 5.74) is 8.05. The molecule has 0 saturated carbocycles. The Morgan fingerprint density at radius 3 is 1.60 bits per heavy atom. The van der Waals surface area contributed by atoms with Gasteiger partial charge in [0.05, 0.1) is 34.5 Å². The summed E-state index contributed by atoms with van der Waals surface area (Å²) in [4.78, 5) is 42.5. The monoisotopic (exact) mass is 818 g/mol. The minimum Gasteiger partial charge on any atom is -0.379 e. The van der Waals surface area contributed by atoms with Crippen LogP contribution in [0, 0.1) is 0 Å². The third-order valence-corrected chi connectivity index (χ3v) is 11.9. The number of hydrogen-bond donors (Lipinski definition) is 6. The quantitative estimate of drug-likeness (QED) is 0.0770. The number of rotatable bonds is 3. The Morgan fingerprint density at radius 1 is 0.638 bits per heavy atom. The summed E-state index contributed by atoms with van der Waals surface area (Å²) in [7, 11) is 0. The highest BCUT2D eigenvalue weighted by atomic mass is 35.5. The third-order valence-electron chi connectivity index (χ3n) is 11.7. The molecule has 0 atom stereocenters. The minimum atomic E-state index is 0.0344. The second kappa shape index (κ2) is 19.4. The Morgan fingerprint density at radius 2 is 1.09 bits per heavy atom. The van der Waals surface area contributed by atoms with Gasteiger partial charge in [-0.05, 0) is 106 Å². The van der Waals surface area contributed by atoms with Crippen LogP contribution in [0.2, 0.25) is 0 Å². The summed E-state index contributed by atoms with van der Waals surface area (Å²) in [5, 5.41) is 10.8. The van der Waals surface area contributed by atoms with E-state index < -0.39 is 0 Å². The van der Waals surface area contributed by atoms with E-state index in [0.29, 0.717) is 18.7 Å². The van der Waals surface area contributed by atoms with Crippen molar-refractivity contribution in [1.82, 2.24) is 30.2 Å². The number of carbonyl (C=O) groups excluding carboxylic acids is 2. The molecule has 12 heteroatoms. The number of benzene rings is 4. The van der Waals surface area contributed by atoms with Crippen LogP contribution >= 0.6 is 24.2 Å². The number of anilines is 2. The molecule has 6 aromatic rings. The van der Waals surface area contributed by atoms with Gasteiger partial charge in [-0.15, -0.1) is 11.6 Å². The Bertz CT molecular complexity index is 2230. The minimum absolute atomic E-state index is 0.0344. The van der Waals surface area contributed by atoms with Gasteiger partial charge in [0, 0.05) is 59.5 Å². The van der Waals surface area contributed by atoms with Crippen molar-refractivity contribution in [3.05, 3.63) is 120 Å². The predicted octanol–water partition coefficient (Wildman–Crippen LogP) is 9.42. The van der Waals surface area contributed by atoms with Gasteiger partial charge in [0.15, 0.2) is 11.6 Å². The summed E-state index contributed by atoms with van der Waals surface area (Å²) in [6.45, 7) is 6.96. The number of carbonyl (C=O) groups is 2. The van der Waals surface area contributed by atoms with Crippen LogP contribution < -0.4 is 16.0 Å². The normalized spacial score (nSPS) is 18.1. The number of imidazole rings is 2. The van der Waals surface area contributed by atoms with Crippen molar-refractivity contribution in [2.24, 2.45) is 0 Å². The van der Waals surface area contributed by atoms with Crippen LogP contribution in [0.15, 0.2) is 97.1 Å². The first kappa shape index (κ1) is 41.5. The summed E-state index contributed by atoms with van der Waals surface area (Å²) < 4.78 is 0. The number of hydrogen-bond acceptors (Lipinski definition) is 9. The van der Waals surface area contributed by atoms with Crippen LogP contribution in [0.25, 0.3) is 22.1 Å². The topological polar surface area (TPSA) is 131 Å². The van der Waals surface area contributed by atoms with E-state index in [1.54, 1.807) is 0 Å². The van der Waals surface area contributed by atoms with Crippen molar-refractivity contribution in [3.63, 3.8) is 0 Å². The highest BCUT2D eigenvalue weighted by molar-refractivity contribution is 7.80. The molecule has 4 aromatic carbocycles. The maximum Gasteiger partial charge on any atom is 0.165 e. The largest absolute Gasteiger partial charge is 0.379 e. The van der Waals surface area contributed by atoms with Crippen LogP contribution in [0.1, 0.15) is 90.7 Å². The molecule has 2 aromatic heterocycles. The summed E-state index contributed by atoms with van der Waals surface area (Å²) in [6, 6.07) is 31.9. The average molecular weight is 820 g/mol. The number of halogens is 1. The lowest BCUT2D eigenvalue weighted by atomic mass is 9.83. The van der Waals surface area contributed by atoms with Gasteiger partial charge in [-0.2, -0.15) is 12.6 Å². The van der Waals surface area contributed by atoms with E-state index >= 15 is 0 Å². The van der Waals surface area contributed by atoms with E-state index in [-0.39, 0.29) is 22.6 Å². The van der Waals surface area contributed by atoms with Gasteiger partial charge in [0.2, 0.25) is 0 Å². The van der Waals surface area contributed by atoms with Crippen LogP contribution in [-0.4, -0.2) is 79.4 Å². The highest BCUT2D eigenvalue weighted by Gasteiger charge is 2.38. The number of likely N-dealkylation sites (tertiary alicyclic amines) is 1. The maximum absolute atomic E-state index is 12.5. The zero-order valence-corrected chi connectivity index (χ0v) is 35.0. The first-order valence-corrected chi connectivity index (χ1v) is 21.8. The number of alkyl halides is 1. The predicted molar refractivity (Wildman–Crippen MR) is 241 cm³/mol. The van der Waals surface area contributed by atoms with Crippen LogP contribution in [-0.2, 0) is 12.4 Å². The van der Waals surface area contributed by atoms with E-state index in [1.807, 2.05) is 97.9 Å². The van der Waals surface area contributed by atoms with Gasteiger partial charge in [0.25, 0.3) is 0 Å². The van der Waals surface area contributed by atoms with E-state index in [0.717, 1.165) is 133 Å². The summed E-state index contributed by atoms with van der Waals surface area (Å²) in [6.07, 6.45) is 7.49. The molecule has 6 heterocycles. The van der Waals surface area contributed by atoms with Crippen molar-refractivity contribution in [2.75, 3.05) is 42.6 Å². The van der Waals surface area contributed by atoms with E-state index in [1.165, 1.54) is 0 Å². The molecule has 0 amide bonds. The fourth-order valence-electron chi connectivity index (χ4n) is 8.50. The lowest BCUT2D eigenvalue weighted by Crippen LogP contribution is -2.48. The molecule has 4 aliphatic rings. The number of piperidine rings is 2. The van der Waals surface area contributed by atoms with Gasteiger partial charge in [0.1, 0.15) is 11.6 Å². The number of nitrogens with zero attached hydrogens (tertiary/aromatic N) is 3. The van der Waals surface area contributed by atoms with Gasteiger partial charge < -0.3 is 25.9 Å². The number of fused-ring (bicyclic) bond motifs is 4. The molecule has 10 nitrogen and oxygen atoms in total. The second-order valence-electron chi connectivity index (χ2n) is 15.6. The van der Waals surface area contributed by atoms with Crippen molar-refractivity contribution in [2.45, 2.75) is 81.8 Å². The number of aromatic amines is 2. The van der Waals surface area contributed by atoms with Gasteiger partial charge in [-0.25, -0.2) is 9.97 Å². The molecule has 0 bridgehead atoms. The van der Waals surface area contributed by atoms with Crippen molar-refractivity contribution in [1.29, 1.82) is 0 Å².